The predicted octanol–water partition coefficient (Wildman–Crippen LogP) is 8.80. The molecule has 0 bridgehead atoms. The van der Waals surface area contributed by atoms with Crippen molar-refractivity contribution in [3.05, 3.63) is 0 Å². The number of hydrogen-bond donors (Lipinski definition) is 1. The highest BCUT2D eigenvalue weighted by molar-refractivity contribution is 7.85. The fraction of sp³-hybridized carbons (Fsp3) is 0.964. The van der Waals surface area contributed by atoms with Crippen molar-refractivity contribution in [1.29, 1.82) is 0 Å². The minimum absolute atomic E-state index is 0.485. The Bertz CT molecular complexity index is 547. The first-order valence-electron chi connectivity index (χ1n) is 14.5. The molecule has 1 atom stereocenters. The smallest absolute Gasteiger partial charge is 0.302 e. The van der Waals surface area contributed by atoms with Crippen LogP contribution in [0.1, 0.15) is 162 Å². The van der Waals surface area contributed by atoms with E-state index in [1.54, 1.807) is 0 Å². The van der Waals surface area contributed by atoms with Crippen molar-refractivity contribution < 1.29 is 22.5 Å². The van der Waals surface area contributed by atoms with Crippen LogP contribution in [0.2, 0.25) is 0 Å². The van der Waals surface area contributed by atoms with Crippen LogP contribution in [0.3, 0.4) is 0 Å². The maximum absolute atomic E-state index is 11.1. The van der Waals surface area contributed by atoms with E-state index in [2.05, 4.69) is 6.92 Å². The minimum atomic E-state index is -4.12. The van der Waals surface area contributed by atoms with Crippen molar-refractivity contribution in [3.63, 3.8) is 0 Å². The monoisotopic (exact) mass is 504 g/mol. The van der Waals surface area contributed by atoms with Crippen LogP contribution < -0.4 is 0 Å². The van der Waals surface area contributed by atoms with Gasteiger partial charge in [-0.15, -0.1) is 0 Å². The van der Waals surface area contributed by atoms with E-state index in [1.165, 1.54) is 129 Å². The third kappa shape index (κ3) is 27.6. The van der Waals surface area contributed by atoms with Crippen molar-refractivity contribution in [2.45, 2.75) is 168 Å². The second-order valence-electron chi connectivity index (χ2n) is 10.2. The summed E-state index contributed by atoms with van der Waals surface area (Å²) in [7, 11) is -4.12. The Labute approximate surface area is 211 Å². The summed E-state index contributed by atoms with van der Waals surface area (Å²) in [5.41, 5.74) is 0. The normalized spacial score (nSPS) is 12.7. The highest BCUT2D eigenvalue weighted by atomic mass is 32.2. The Morgan fingerprint density at radius 1 is 0.618 bits per heavy atom. The molecule has 34 heavy (non-hydrogen) atoms. The first kappa shape index (κ1) is 33.4. The Balaban J connectivity index is 3.31. The van der Waals surface area contributed by atoms with E-state index in [9.17, 15) is 13.2 Å². The van der Waals surface area contributed by atoms with Crippen molar-refractivity contribution in [3.8, 4) is 0 Å². The van der Waals surface area contributed by atoms with Crippen LogP contribution in [0, 0.1) is 0 Å². The molecule has 0 radical (unpaired) electrons. The highest BCUT2D eigenvalue weighted by Gasteiger charge is 2.19. The fourth-order valence-electron chi connectivity index (χ4n) is 4.63. The summed E-state index contributed by atoms with van der Waals surface area (Å²) in [4.78, 5) is 11.1. The first-order chi connectivity index (χ1) is 16.3. The molecule has 6 heteroatoms. The summed E-state index contributed by atoms with van der Waals surface area (Å²) in [5, 5.41) is 0. The van der Waals surface area contributed by atoms with Gasteiger partial charge in [-0.2, -0.15) is 8.42 Å². The summed E-state index contributed by atoms with van der Waals surface area (Å²) < 4.78 is 36.0. The van der Waals surface area contributed by atoms with E-state index in [0.717, 1.165) is 19.3 Å². The Hall–Kier alpha value is -0.620. The molecule has 1 N–H and O–H groups in total. The van der Waals surface area contributed by atoms with Gasteiger partial charge in [0.25, 0.3) is 10.1 Å². The molecule has 0 rings (SSSR count). The van der Waals surface area contributed by atoms with E-state index in [1.807, 2.05) is 0 Å². The Morgan fingerprint density at radius 3 is 1.18 bits per heavy atom. The molecule has 0 spiro atoms. The lowest BCUT2D eigenvalue weighted by atomic mass is 10.0. The largest absolute Gasteiger partial charge is 0.461 e. The number of rotatable bonds is 26. The minimum Gasteiger partial charge on any atom is -0.461 e. The van der Waals surface area contributed by atoms with Gasteiger partial charge in [0.15, 0.2) is 0 Å². The fourth-order valence-corrected chi connectivity index (χ4v) is 5.33. The summed E-state index contributed by atoms with van der Waals surface area (Å²) >= 11 is 0. The van der Waals surface area contributed by atoms with E-state index < -0.39 is 27.9 Å². The van der Waals surface area contributed by atoms with Gasteiger partial charge >= 0.3 is 5.97 Å². The van der Waals surface area contributed by atoms with Gasteiger partial charge in [-0.3, -0.25) is 9.35 Å². The summed E-state index contributed by atoms with van der Waals surface area (Å²) in [6.45, 7) is 3.54. The second-order valence-corrected chi connectivity index (χ2v) is 11.7. The Morgan fingerprint density at radius 2 is 0.912 bits per heavy atom. The quantitative estimate of drug-likeness (QED) is 0.0723. The zero-order valence-electron chi connectivity index (χ0n) is 22.5. The third-order valence-electron chi connectivity index (χ3n) is 6.61. The molecule has 0 aromatic carbocycles. The highest BCUT2D eigenvalue weighted by Crippen LogP contribution is 2.16. The van der Waals surface area contributed by atoms with Gasteiger partial charge in [-0.1, -0.05) is 142 Å². The second kappa shape index (κ2) is 24.1. The number of esters is 1. The maximum Gasteiger partial charge on any atom is 0.302 e. The number of carbonyl (C=O) groups excluding carboxylic acids is 1. The average Bonchev–Trinajstić information content (AvgIpc) is 2.75. The van der Waals surface area contributed by atoms with Crippen LogP contribution in [0.25, 0.3) is 0 Å². The lowest BCUT2D eigenvalue weighted by Crippen LogP contribution is -2.25. The van der Waals surface area contributed by atoms with Gasteiger partial charge in [0.2, 0.25) is 0 Å². The van der Waals surface area contributed by atoms with Gasteiger partial charge < -0.3 is 4.74 Å². The van der Waals surface area contributed by atoms with Crippen LogP contribution in [-0.2, 0) is 19.6 Å². The average molecular weight is 505 g/mol. The van der Waals surface area contributed by atoms with Crippen LogP contribution in [0.15, 0.2) is 0 Å². The van der Waals surface area contributed by atoms with E-state index >= 15 is 0 Å². The molecule has 0 aliphatic heterocycles. The molecule has 1 unspecified atom stereocenters. The van der Waals surface area contributed by atoms with Gasteiger partial charge in [-0.05, 0) is 12.8 Å². The third-order valence-corrected chi connectivity index (χ3v) is 7.40. The predicted molar refractivity (Wildman–Crippen MR) is 144 cm³/mol. The first-order valence-corrected chi connectivity index (χ1v) is 16.1. The van der Waals surface area contributed by atoms with Crippen LogP contribution in [0.4, 0.5) is 0 Å². The van der Waals surface area contributed by atoms with Crippen LogP contribution in [0.5, 0.6) is 0 Å². The molecule has 0 amide bonds. The van der Waals surface area contributed by atoms with Gasteiger partial charge in [-0.25, -0.2) is 0 Å². The molecular formula is C28H56O5S. The number of ether oxygens (including phenoxy) is 1. The van der Waals surface area contributed by atoms with Crippen molar-refractivity contribution in [2.75, 3.05) is 5.75 Å². The summed E-state index contributed by atoms with van der Waals surface area (Å²) in [6, 6.07) is 0. The number of unbranched alkanes of at least 4 members (excludes halogenated alkanes) is 21. The Kier molecular flexibility index (Phi) is 23.7. The van der Waals surface area contributed by atoms with Gasteiger partial charge in [0.1, 0.15) is 11.9 Å². The number of carbonyl (C=O) groups is 1. The van der Waals surface area contributed by atoms with Gasteiger partial charge in [0.05, 0.1) is 0 Å². The van der Waals surface area contributed by atoms with Crippen molar-refractivity contribution in [1.82, 2.24) is 0 Å². The lowest BCUT2D eigenvalue weighted by Gasteiger charge is -2.15. The lowest BCUT2D eigenvalue weighted by molar-refractivity contribution is -0.145. The zero-order chi connectivity index (χ0) is 25.3. The van der Waals surface area contributed by atoms with Crippen LogP contribution in [-0.4, -0.2) is 30.8 Å². The molecule has 204 valence electrons. The molecule has 0 fully saturated rings. The number of hydrogen-bond acceptors (Lipinski definition) is 4. The van der Waals surface area contributed by atoms with Crippen molar-refractivity contribution in [2.24, 2.45) is 0 Å². The van der Waals surface area contributed by atoms with Gasteiger partial charge in [0, 0.05) is 6.92 Å². The van der Waals surface area contributed by atoms with Crippen molar-refractivity contribution >= 4 is 16.1 Å². The summed E-state index contributed by atoms with van der Waals surface area (Å²) in [5.74, 6) is -1.02. The molecule has 0 aliphatic carbocycles. The zero-order valence-corrected chi connectivity index (χ0v) is 23.4. The SMILES string of the molecule is CCCCCCCCCCCCCCCCCCCCCCCCC(CS(=O)(=O)O)OC(C)=O. The van der Waals surface area contributed by atoms with E-state index in [4.69, 9.17) is 9.29 Å². The standard InChI is InChI=1S/C28H56O5S/c1-3-4-5-6-7-8-9-10-11-12-13-14-15-16-17-18-19-20-21-22-23-24-25-28(33-27(2)29)26-34(30,31)32/h28H,3-26H2,1-2H3,(H,30,31,32). The molecule has 0 saturated carbocycles. The molecule has 0 aromatic heterocycles. The summed E-state index contributed by atoms with van der Waals surface area (Å²) in [6.07, 6.45) is 29.0. The van der Waals surface area contributed by atoms with E-state index in [0.29, 0.717) is 6.42 Å². The molecule has 5 nitrogen and oxygen atoms in total. The molecule has 0 heterocycles. The van der Waals surface area contributed by atoms with Crippen LogP contribution >= 0.6 is 0 Å². The molecule has 0 aromatic rings. The topological polar surface area (TPSA) is 80.7 Å². The molecular weight excluding hydrogens is 448 g/mol. The molecule has 0 aliphatic rings. The maximum atomic E-state index is 11.1. The van der Waals surface area contributed by atoms with E-state index in [-0.39, 0.29) is 0 Å². The molecule has 0 saturated heterocycles.